The molecule has 2 N–H and O–H groups in total. The van der Waals surface area contributed by atoms with E-state index in [2.05, 4.69) is 45.3 Å². The molecule has 0 aliphatic carbocycles. The standard InChI is InChI=1S/C23H34N4O2/c1-16(2)13-14-24-21(28)11-12-22(29)25-20-15-19(23(4,5)6)26-27(20)18-9-7-17(3)8-10-18/h7-10,15-16H,11-14H2,1-6H3,(H,24,28)(H,25,29). The van der Waals surface area contributed by atoms with E-state index in [4.69, 9.17) is 5.10 Å². The topological polar surface area (TPSA) is 76.0 Å². The molecule has 0 aliphatic heterocycles. The smallest absolute Gasteiger partial charge is 0.226 e. The van der Waals surface area contributed by atoms with Gasteiger partial charge < -0.3 is 10.6 Å². The third-order valence-corrected chi connectivity index (χ3v) is 4.65. The number of rotatable bonds is 8. The van der Waals surface area contributed by atoms with Crippen molar-refractivity contribution in [3.8, 4) is 5.69 Å². The fourth-order valence-electron chi connectivity index (χ4n) is 2.74. The van der Waals surface area contributed by atoms with Crippen LogP contribution in [-0.4, -0.2) is 28.1 Å². The average molecular weight is 399 g/mol. The van der Waals surface area contributed by atoms with Crippen molar-refractivity contribution < 1.29 is 9.59 Å². The van der Waals surface area contributed by atoms with Crippen molar-refractivity contribution in [1.29, 1.82) is 0 Å². The molecule has 0 atom stereocenters. The molecule has 1 aromatic heterocycles. The molecule has 1 heterocycles. The summed E-state index contributed by atoms with van der Waals surface area (Å²) >= 11 is 0. The monoisotopic (exact) mass is 398 g/mol. The summed E-state index contributed by atoms with van der Waals surface area (Å²) in [6.45, 7) is 13.2. The Morgan fingerprint density at radius 3 is 2.28 bits per heavy atom. The highest BCUT2D eigenvalue weighted by molar-refractivity contribution is 5.92. The van der Waals surface area contributed by atoms with Gasteiger partial charge in [0.25, 0.3) is 0 Å². The van der Waals surface area contributed by atoms with Crippen molar-refractivity contribution >= 4 is 17.6 Å². The van der Waals surface area contributed by atoms with E-state index in [1.165, 1.54) is 0 Å². The van der Waals surface area contributed by atoms with Gasteiger partial charge in [0.2, 0.25) is 11.8 Å². The number of aryl methyl sites for hydroxylation is 1. The first-order chi connectivity index (χ1) is 13.6. The molecule has 2 amide bonds. The van der Waals surface area contributed by atoms with Gasteiger partial charge in [-0.3, -0.25) is 9.59 Å². The van der Waals surface area contributed by atoms with E-state index >= 15 is 0 Å². The van der Waals surface area contributed by atoms with Crippen molar-refractivity contribution in [2.75, 3.05) is 11.9 Å². The minimum atomic E-state index is -0.197. The van der Waals surface area contributed by atoms with Crippen molar-refractivity contribution in [2.45, 2.75) is 66.2 Å². The summed E-state index contributed by atoms with van der Waals surface area (Å²) < 4.78 is 1.75. The maximum atomic E-state index is 12.5. The zero-order valence-corrected chi connectivity index (χ0v) is 18.5. The van der Waals surface area contributed by atoms with Gasteiger partial charge in [-0.05, 0) is 31.4 Å². The lowest BCUT2D eigenvalue weighted by atomic mass is 9.92. The minimum absolute atomic E-state index is 0.0942. The number of hydrogen-bond donors (Lipinski definition) is 2. The first kappa shape index (κ1) is 22.7. The lowest BCUT2D eigenvalue weighted by molar-refractivity contribution is -0.124. The molecule has 0 aliphatic rings. The van der Waals surface area contributed by atoms with Gasteiger partial charge in [0, 0.05) is 30.9 Å². The van der Waals surface area contributed by atoms with E-state index in [-0.39, 0.29) is 30.1 Å². The van der Waals surface area contributed by atoms with Gasteiger partial charge in [-0.2, -0.15) is 5.10 Å². The molecular formula is C23H34N4O2. The number of amides is 2. The third-order valence-electron chi connectivity index (χ3n) is 4.65. The Morgan fingerprint density at radius 2 is 1.69 bits per heavy atom. The van der Waals surface area contributed by atoms with Crippen molar-refractivity contribution in [2.24, 2.45) is 5.92 Å². The molecule has 2 rings (SSSR count). The molecule has 6 nitrogen and oxygen atoms in total. The van der Waals surface area contributed by atoms with Gasteiger partial charge in [0.1, 0.15) is 5.82 Å². The lowest BCUT2D eigenvalue weighted by Crippen LogP contribution is -2.26. The number of carbonyl (C=O) groups is 2. The van der Waals surface area contributed by atoms with Crippen LogP contribution in [0.2, 0.25) is 0 Å². The summed E-state index contributed by atoms with van der Waals surface area (Å²) in [4.78, 5) is 24.4. The van der Waals surface area contributed by atoms with E-state index in [1.54, 1.807) is 4.68 Å². The molecule has 0 radical (unpaired) electrons. The molecular weight excluding hydrogens is 364 g/mol. The molecule has 0 spiro atoms. The number of nitrogens with one attached hydrogen (secondary N) is 2. The van der Waals surface area contributed by atoms with Gasteiger partial charge in [-0.1, -0.05) is 52.3 Å². The summed E-state index contributed by atoms with van der Waals surface area (Å²) in [6, 6.07) is 9.89. The highest BCUT2D eigenvalue weighted by atomic mass is 16.2. The molecule has 0 fully saturated rings. The number of hydrogen-bond acceptors (Lipinski definition) is 3. The predicted molar refractivity (Wildman–Crippen MR) is 117 cm³/mol. The number of nitrogens with zero attached hydrogens (tertiary/aromatic N) is 2. The van der Waals surface area contributed by atoms with Gasteiger partial charge >= 0.3 is 0 Å². The lowest BCUT2D eigenvalue weighted by Gasteiger charge is -2.14. The van der Waals surface area contributed by atoms with Gasteiger partial charge in [-0.25, -0.2) is 4.68 Å². The second kappa shape index (κ2) is 9.72. The Hall–Kier alpha value is -2.63. The SMILES string of the molecule is Cc1ccc(-n2nc(C(C)(C)C)cc2NC(=O)CCC(=O)NCCC(C)C)cc1. The zero-order chi connectivity index (χ0) is 21.6. The number of benzene rings is 1. The summed E-state index contributed by atoms with van der Waals surface area (Å²) in [5.74, 6) is 0.864. The van der Waals surface area contributed by atoms with E-state index in [0.717, 1.165) is 23.4 Å². The Balaban J connectivity index is 2.06. The molecule has 158 valence electrons. The third kappa shape index (κ3) is 7.04. The van der Waals surface area contributed by atoms with E-state index in [1.807, 2.05) is 37.3 Å². The van der Waals surface area contributed by atoms with Crippen LogP contribution in [0.3, 0.4) is 0 Å². The number of aromatic nitrogens is 2. The molecule has 29 heavy (non-hydrogen) atoms. The van der Waals surface area contributed by atoms with Gasteiger partial charge in [0.15, 0.2) is 0 Å². The highest BCUT2D eigenvalue weighted by Gasteiger charge is 2.21. The fourth-order valence-corrected chi connectivity index (χ4v) is 2.74. The Bertz CT molecular complexity index is 830. The van der Waals surface area contributed by atoms with Crippen LogP contribution in [0.4, 0.5) is 5.82 Å². The normalized spacial score (nSPS) is 11.6. The van der Waals surface area contributed by atoms with Crippen LogP contribution in [-0.2, 0) is 15.0 Å². The quantitative estimate of drug-likeness (QED) is 0.694. The zero-order valence-electron chi connectivity index (χ0n) is 18.5. The van der Waals surface area contributed by atoms with E-state index in [0.29, 0.717) is 18.3 Å². The summed E-state index contributed by atoms with van der Waals surface area (Å²) in [6.07, 6.45) is 1.25. The highest BCUT2D eigenvalue weighted by Crippen LogP contribution is 2.26. The Morgan fingerprint density at radius 1 is 1.07 bits per heavy atom. The van der Waals surface area contributed by atoms with Crippen molar-refractivity contribution in [3.05, 3.63) is 41.6 Å². The number of anilines is 1. The Kier molecular flexibility index (Phi) is 7.59. The molecule has 0 saturated heterocycles. The molecule has 0 saturated carbocycles. The van der Waals surface area contributed by atoms with Crippen molar-refractivity contribution in [3.63, 3.8) is 0 Å². The molecule has 0 unspecified atom stereocenters. The maximum absolute atomic E-state index is 12.5. The van der Waals surface area contributed by atoms with Crippen LogP contribution in [0.1, 0.15) is 65.1 Å². The number of carbonyl (C=O) groups excluding carboxylic acids is 2. The Labute approximate surface area is 174 Å². The average Bonchev–Trinajstić information content (AvgIpc) is 3.04. The van der Waals surface area contributed by atoms with E-state index in [9.17, 15) is 9.59 Å². The van der Waals surface area contributed by atoms with Gasteiger partial charge in [0.05, 0.1) is 11.4 Å². The second-order valence-electron chi connectivity index (χ2n) is 8.99. The molecule has 6 heteroatoms. The predicted octanol–water partition coefficient (Wildman–Crippen LogP) is 4.36. The fraction of sp³-hybridized carbons (Fsp3) is 0.522. The van der Waals surface area contributed by atoms with Crippen molar-refractivity contribution in [1.82, 2.24) is 15.1 Å². The summed E-state index contributed by atoms with van der Waals surface area (Å²) in [5.41, 5.74) is 2.78. The summed E-state index contributed by atoms with van der Waals surface area (Å²) in [7, 11) is 0. The first-order valence-electron chi connectivity index (χ1n) is 10.3. The molecule has 0 bridgehead atoms. The van der Waals surface area contributed by atoms with Crippen LogP contribution < -0.4 is 10.6 Å². The second-order valence-corrected chi connectivity index (χ2v) is 8.99. The van der Waals surface area contributed by atoms with Crippen LogP contribution in [0.25, 0.3) is 5.69 Å². The first-order valence-corrected chi connectivity index (χ1v) is 10.3. The van der Waals surface area contributed by atoms with Crippen LogP contribution in [0.5, 0.6) is 0 Å². The maximum Gasteiger partial charge on any atom is 0.226 e. The largest absolute Gasteiger partial charge is 0.356 e. The van der Waals surface area contributed by atoms with Crippen LogP contribution in [0.15, 0.2) is 30.3 Å². The van der Waals surface area contributed by atoms with Crippen LogP contribution >= 0.6 is 0 Å². The molecule has 2 aromatic rings. The van der Waals surface area contributed by atoms with Gasteiger partial charge in [-0.15, -0.1) is 0 Å². The van der Waals surface area contributed by atoms with Crippen LogP contribution in [0, 0.1) is 12.8 Å². The minimum Gasteiger partial charge on any atom is -0.356 e. The molecule has 1 aromatic carbocycles. The summed E-state index contributed by atoms with van der Waals surface area (Å²) in [5, 5.41) is 10.5. The van der Waals surface area contributed by atoms with E-state index < -0.39 is 0 Å².